The van der Waals surface area contributed by atoms with Gasteiger partial charge in [0.15, 0.2) is 0 Å². The summed E-state index contributed by atoms with van der Waals surface area (Å²) in [6.07, 6.45) is 0.102. The minimum atomic E-state index is -0.147. The smallest absolute Gasteiger partial charge is 0.322 e. The summed E-state index contributed by atoms with van der Waals surface area (Å²) >= 11 is 9.41. The number of halogens is 2. The SMILES string of the molecule is C[C@@H]1CN(C(=O)Nc2ccc(Br)cc2Cl)C[C@H](C)O1. The van der Waals surface area contributed by atoms with Gasteiger partial charge >= 0.3 is 6.03 Å². The first-order valence-corrected chi connectivity index (χ1v) is 7.29. The predicted octanol–water partition coefficient (Wildman–Crippen LogP) is 3.74. The van der Waals surface area contributed by atoms with Crippen LogP contribution in [0.15, 0.2) is 22.7 Å². The van der Waals surface area contributed by atoms with Crippen molar-refractivity contribution < 1.29 is 9.53 Å². The fourth-order valence-corrected chi connectivity index (χ4v) is 2.85. The summed E-state index contributed by atoms with van der Waals surface area (Å²) in [4.78, 5) is 13.9. The van der Waals surface area contributed by atoms with Gasteiger partial charge in [-0.15, -0.1) is 0 Å². The Bertz CT molecular complexity index is 474. The van der Waals surface area contributed by atoms with Crippen molar-refractivity contribution in [3.63, 3.8) is 0 Å². The number of carbonyl (C=O) groups is 1. The van der Waals surface area contributed by atoms with Gasteiger partial charge in [0.1, 0.15) is 0 Å². The fourth-order valence-electron chi connectivity index (χ4n) is 2.13. The lowest BCUT2D eigenvalue weighted by Crippen LogP contribution is -2.49. The molecule has 19 heavy (non-hydrogen) atoms. The zero-order valence-corrected chi connectivity index (χ0v) is 13.2. The highest BCUT2D eigenvalue weighted by molar-refractivity contribution is 9.10. The van der Waals surface area contributed by atoms with Gasteiger partial charge in [-0.3, -0.25) is 0 Å². The Kier molecular flexibility index (Phi) is 4.71. The van der Waals surface area contributed by atoms with Gasteiger partial charge in [-0.2, -0.15) is 0 Å². The molecule has 2 atom stereocenters. The number of urea groups is 1. The molecule has 104 valence electrons. The average molecular weight is 348 g/mol. The van der Waals surface area contributed by atoms with E-state index in [4.69, 9.17) is 16.3 Å². The van der Waals surface area contributed by atoms with E-state index in [0.717, 1.165) is 4.47 Å². The maximum absolute atomic E-state index is 12.2. The van der Waals surface area contributed by atoms with E-state index >= 15 is 0 Å². The summed E-state index contributed by atoms with van der Waals surface area (Å²) in [6, 6.07) is 5.22. The molecule has 1 aromatic carbocycles. The van der Waals surface area contributed by atoms with Crippen LogP contribution in [0.3, 0.4) is 0 Å². The van der Waals surface area contributed by atoms with Crippen LogP contribution in [0.1, 0.15) is 13.8 Å². The maximum Gasteiger partial charge on any atom is 0.322 e. The molecule has 0 radical (unpaired) electrons. The van der Waals surface area contributed by atoms with Gasteiger partial charge in [0.25, 0.3) is 0 Å². The van der Waals surface area contributed by atoms with Crippen LogP contribution < -0.4 is 5.32 Å². The van der Waals surface area contributed by atoms with Gasteiger partial charge in [0.2, 0.25) is 0 Å². The summed E-state index contributed by atoms with van der Waals surface area (Å²) in [5.41, 5.74) is 0.613. The molecule has 0 saturated carbocycles. The molecule has 1 aliphatic rings. The van der Waals surface area contributed by atoms with Crippen molar-refractivity contribution >= 4 is 39.2 Å². The maximum atomic E-state index is 12.2. The van der Waals surface area contributed by atoms with Gasteiger partial charge in [0.05, 0.1) is 22.9 Å². The monoisotopic (exact) mass is 346 g/mol. The van der Waals surface area contributed by atoms with E-state index in [1.165, 1.54) is 0 Å². The highest BCUT2D eigenvalue weighted by Gasteiger charge is 2.26. The second-order valence-corrected chi connectivity index (χ2v) is 6.04. The van der Waals surface area contributed by atoms with Gasteiger partial charge in [0, 0.05) is 17.6 Å². The normalized spacial score (nSPS) is 23.3. The zero-order chi connectivity index (χ0) is 14.0. The first-order chi connectivity index (χ1) is 8.95. The van der Waals surface area contributed by atoms with Crippen molar-refractivity contribution in [2.24, 2.45) is 0 Å². The van der Waals surface area contributed by atoms with Gasteiger partial charge in [-0.25, -0.2) is 4.79 Å². The van der Waals surface area contributed by atoms with Crippen LogP contribution in [0, 0.1) is 0 Å². The highest BCUT2D eigenvalue weighted by Crippen LogP contribution is 2.26. The number of anilines is 1. The number of hydrogen-bond acceptors (Lipinski definition) is 2. The summed E-state index contributed by atoms with van der Waals surface area (Å²) in [5.74, 6) is 0. The molecule has 2 rings (SSSR count). The average Bonchev–Trinajstić information content (AvgIpc) is 2.31. The van der Waals surface area contributed by atoms with E-state index in [9.17, 15) is 4.79 Å². The fraction of sp³-hybridized carbons (Fsp3) is 0.462. The molecule has 6 heteroatoms. The molecule has 0 unspecified atom stereocenters. The third kappa shape index (κ3) is 3.84. The Hall–Kier alpha value is -0.780. The largest absolute Gasteiger partial charge is 0.372 e. The number of amides is 2. The van der Waals surface area contributed by atoms with Crippen molar-refractivity contribution in [1.82, 2.24) is 4.90 Å². The summed E-state index contributed by atoms with van der Waals surface area (Å²) < 4.78 is 6.48. The van der Waals surface area contributed by atoms with Crippen molar-refractivity contribution in [3.8, 4) is 0 Å². The number of morpholine rings is 1. The number of rotatable bonds is 1. The Labute approximate surface area is 126 Å². The molecule has 0 aliphatic carbocycles. The summed E-state index contributed by atoms with van der Waals surface area (Å²) in [6.45, 7) is 5.10. The van der Waals surface area contributed by atoms with E-state index in [2.05, 4.69) is 21.2 Å². The number of ether oxygens (including phenoxy) is 1. The third-order valence-electron chi connectivity index (χ3n) is 2.88. The Morgan fingerprint density at radius 2 is 2.05 bits per heavy atom. The van der Waals surface area contributed by atoms with Crippen LogP contribution in [-0.2, 0) is 4.74 Å². The van der Waals surface area contributed by atoms with Crippen LogP contribution in [0.25, 0.3) is 0 Å². The van der Waals surface area contributed by atoms with Crippen LogP contribution >= 0.6 is 27.5 Å². The number of nitrogens with one attached hydrogen (secondary N) is 1. The highest BCUT2D eigenvalue weighted by atomic mass is 79.9. The minimum absolute atomic E-state index is 0.0508. The molecule has 0 bridgehead atoms. The molecule has 1 fully saturated rings. The topological polar surface area (TPSA) is 41.6 Å². The van der Waals surface area contributed by atoms with Gasteiger partial charge < -0.3 is 15.0 Å². The van der Waals surface area contributed by atoms with Crippen molar-refractivity contribution in [1.29, 1.82) is 0 Å². The molecule has 0 spiro atoms. The number of benzene rings is 1. The second-order valence-electron chi connectivity index (χ2n) is 4.72. The van der Waals surface area contributed by atoms with Crippen LogP contribution in [0.5, 0.6) is 0 Å². The van der Waals surface area contributed by atoms with Crippen LogP contribution in [0.4, 0.5) is 10.5 Å². The molecule has 1 N–H and O–H groups in total. The third-order valence-corrected chi connectivity index (χ3v) is 3.69. The summed E-state index contributed by atoms with van der Waals surface area (Å²) in [7, 11) is 0. The lowest BCUT2D eigenvalue weighted by atomic mass is 10.2. The van der Waals surface area contributed by atoms with Crippen molar-refractivity contribution in [3.05, 3.63) is 27.7 Å². The van der Waals surface area contributed by atoms with Crippen LogP contribution in [0.2, 0.25) is 5.02 Å². The van der Waals surface area contributed by atoms with E-state index < -0.39 is 0 Å². The lowest BCUT2D eigenvalue weighted by molar-refractivity contribution is -0.0530. The number of hydrogen-bond donors (Lipinski definition) is 1. The van der Waals surface area contributed by atoms with Crippen molar-refractivity contribution in [2.75, 3.05) is 18.4 Å². The van der Waals surface area contributed by atoms with E-state index in [0.29, 0.717) is 23.8 Å². The predicted molar refractivity (Wildman–Crippen MR) is 79.8 cm³/mol. The quantitative estimate of drug-likeness (QED) is 0.841. The molecule has 2 amide bonds. The molecular weight excluding hydrogens is 332 g/mol. The van der Waals surface area contributed by atoms with Gasteiger partial charge in [-0.1, -0.05) is 27.5 Å². The summed E-state index contributed by atoms with van der Waals surface area (Å²) in [5, 5.41) is 3.34. The first kappa shape index (κ1) is 14.6. The van der Waals surface area contributed by atoms with Crippen molar-refractivity contribution in [2.45, 2.75) is 26.1 Å². The Morgan fingerprint density at radius 1 is 1.42 bits per heavy atom. The number of nitrogens with zero attached hydrogens (tertiary/aromatic N) is 1. The Balaban J connectivity index is 2.04. The standard InChI is InChI=1S/C13H16BrClN2O2/c1-8-6-17(7-9(2)19-8)13(18)16-12-4-3-10(14)5-11(12)15/h3-5,8-9H,6-7H2,1-2H3,(H,16,18)/t8-,9+. The minimum Gasteiger partial charge on any atom is -0.372 e. The zero-order valence-electron chi connectivity index (χ0n) is 10.8. The lowest BCUT2D eigenvalue weighted by Gasteiger charge is -2.35. The number of carbonyl (C=O) groups excluding carboxylic acids is 1. The molecule has 0 aromatic heterocycles. The van der Waals surface area contributed by atoms with E-state index in [1.807, 2.05) is 19.9 Å². The second kappa shape index (κ2) is 6.11. The molecular formula is C13H16BrClN2O2. The first-order valence-electron chi connectivity index (χ1n) is 6.12. The van der Waals surface area contributed by atoms with E-state index in [-0.39, 0.29) is 18.2 Å². The molecule has 4 nitrogen and oxygen atoms in total. The molecule has 1 heterocycles. The molecule has 1 saturated heterocycles. The molecule has 1 aliphatic heterocycles. The van der Waals surface area contributed by atoms with Crippen LogP contribution in [-0.4, -0.2) is 36.2 Å². The van der Waals surface area contributed by atoms with E-state index in [1.54, 1.807) is 17.0 Å². The Morgan fingerprint density at radius 3 is 2.63 bits per heavy atom. The molecule has 1 aromatic rings. The van der Waals surface area contributed by atoms with Gasteiger partial charge in [-0.05, 0) is 32.0 Å².